The molecule has 2 unspecified atom stereocenters. The first-order valence-electron chi connectivity index (χ1n) is 7.20. The van der Waals surface area contributed by atoms with Gasteiger partial charge >= 0.3 is 0 Å². The van der Waals surface area contributed by atoms with Crippen molar-refractivity contribution in [2.75, 3.05) is 7.05 Å². The van der Waals surface area contributed by atoms with Gasteiger partial charge in [-0.25, -0.2) is 0 Å². The monoisotopic (exact) mass is 245 g/mol. The Morgan fingerprint density at radius 3 is 2.50 bits per heavy atom. The summed E-state index contributed by atoms with van der Waals surface area (Å²) in [5.41, 5.74) is 4.74. The van der Waals surface area contributed by atoms with Crippen LogP contribution in [0, 0.1) is 25.2 Å². The summed E-state index contributed by atoms with van der Waals surface area (Å²) in [6.45, 7) is 9.27. The van der Waals surface area contributed by atoms with Crippen LogP contribution >= 0.6 is 0 Å². The molecule has 2 atom stereocenters. The summed E-state index contributed by atoms with van der Waals surface area (Å²) < 4.78 is 0. The van der Waals surface area contributed by atoms with Crippen LogP contribution < -0.4 is 5.32 Å². The molecule has 0 amide bonds. The predicted octanol–water partition coefficient (Wildman–Crippen LogP) is 4.39. The van der Waals surface area contributed by atoms with Crippen LogP contribution in [0.3, 0.4) is 0 Å². The second kappa shape index (κ2) is 5.05. The fourth-order valence-corrected chi connectivity index (χ4v) is 3.72. The minimum Gasteiger partial charge on any atom is -0.313 e. The number of hydrogen-bond donors (Lipinski definition) is 1. The summed E-state index contributed by atoms with van der Waals surface area (Å²) in [6, 6.07) is 7.37. The lowest BCUT2D eigenvalue weighted by molar-refractivity contribution is 0.203. The molecule has 0 heterocycles. The van der Waals surface area contributed by atoms with E-state index in [9.17, 15) is 0 Å². The van der Waals surface area contributed by atoms with Gasteiger partial charge in [-0.2, -0.15) is 0 Å². The molecule has 18 heavy (non-hydrogen) atoms. The minimum absolute atomic E-state index is 0.463. The van der Waals surface area contributed by atoms with Gasteiger partial charge in [-0.15, -0.1) is 0 Å². The van der Waals surface area contributed by atoms with Crippen LogP contribution in [0.4, 0.5) is 0 Å². The fraction of sp³-hybridized carbons (Fsp3) is 0.647. The first-order valence-corrected chi connectivity index (χ1v) is 7.20. The molecular formula is C17H27N. The van der Waals surface area contributed by atoms with Gasteiger partial charge in [-0.3, -0.25) is 0 Å². The number of hydrogen-bond acceptors (Lipinski definition) is 1. The van der Waals surface area contributed by atoms with Crippen LogP contribution in [-0.4, -0.2) is 7.05 Å². The van der Waals surface area contributed by atoms with Crippen molar-refractivity contribution in [1.82, 2.24) is 5.32 Å². The quantitative estimate of drug-likeness (QED) is 0.832. The van der Waals surface area contributed by atoms with Gasteiger partial charge in [0.1, 0.15) is 0 Å². The number of nitrogens with one attached hydrogen (secondary N) is 1. The maximum atomic E-state index is 3.58. The van der Waals surface area contributed by atoms with Gasteiger partial charge in [0, 0.05) is 6.04 Å². The molecule has 1 nitrogen and oxygen atoms in total. The zero-order valence-corrected chi connectivity index (χ0v) is 12.5. The van der Waals surface area contributed by atoms with E-state index in [4.69, 9.17) is 0 Å². The van der Waals surface area contributed by atoms with E-state index in [0.717, 1.165) is 5.92 Å². The maximum Gasteiger partial charge on any atom is 0.0353 e. The topological polar surface area (TPSA) is 12.0 Å². The lowest BCUT2D eigenvalue weighted by Gasteiger charge is -2.35. The molecule has 0 aliphatic heterocycles. The fourth-order valence-electron chi connectivity index (χ4n) is 3.72. The molecular weight excluding hydrogens is 218 g/mol. The van der Waals surface area contributed by atoms with Gasteiger partial charge in [0.25, 0.3) is 0 Å². The van der Waals surface area contributed by atoms with Crippen molar-refractivity contribution in [1.29, 1.82) is 0 Å². The van der Waals surface area contributed by atoms with Crippen LogP contribution in [0.25, 0.3) is 0 Å². The van der Waals surface area contributed by atoms with Crippen molar-refractivity contribution in [3.63, 3.8) is 0 Å². The molecule has 1 N–H and O–H groups in total. The SMILES string of the molecule is CNC(c1ccc(C)cc1C)C1CCCC1(C)C. The lowest BCUT2D eigenvalue weighted by atomic mass is 9.75. The Hall–Kier alpha value is -0.820. The van der Waals surface area contributed by atoms with E-state index in [1.54, 1.807) is 0 Å². The van der Waals surface area contributed by atoms with Crippen molar-refractivity contribution in [2.45, 2.75) is 53.0 Å². The van der Waals surface area contributed by atoms with E-state index in [1.807, 2.05) is 0 Å². The molecule has 0 aromatic heterocycles. The second-order valence-corrected chi connectivity index (χ2v) is 6.61. The normalized spacial score (nSPS) is 24.2. The van der Waals surface area contributed by atoms with E-state index < -0.39 is 0 Å². The van der Waals surface area contributed by atoms with Crippen LogP contribution in [0.1, 0.15) is 55.8 Å². The molecule has 1 aliphatic carbocycles. The molecule has 1 aliphatic rings. The maximum absolute atomic E-state index is 3.58. The molecule has 0 spiro atoms. The van der Waals surface area contributed by atoms with E-state index in [0.29, 0.717) is 11.5 Å². The average molecular weight is 245 g/mol. The van der Waals surface area contributed by atoms with Gasteiger partial charge in [0.05, 0.1) is 0 Å². The van der Waals surface area contributed by atoms with Crippen molar-refractivity contribution in [3.05, 3.63) is 34.9 Å². The van der Waals surface area contributed by atoms with Crippen LogP contribution in [0.2, 0.25) is 0 Å². The highest BCUT2D eigenvalue weighted by Crippen LogP contribution is 2.48. The first-order chi connectivity index (χ1) is 8.45. The van der Waals surface area contributed by atoms with E-state index >= 15 is 0 Å². The highest BCUT2D eigenvalue weighted by Gasteiger charge is 2.39. The van der Waals surface area contributed by atoms with Gasteiger partial charge in [-0.1, -0.05) is 44.0 Å². The van der Waals surface area contributed by atoms with Crippen molar-refractivity contribution >= 4 is 0 Å². The Labute approximate surface area is 112 Å². The predicted molar refractivity (Wildman–Crippen MR) is 78.8 cm³/mol. The highest BCUT2D eigenvalue weighted by molar-refractivity contribution is 5.33. The van der Waals surface area contributed by atoms with E-state index in [2.05, 4.69) is 58.3 Å². The lowest BCUT2D eigenvalue weighted by Crippen LogP contribution is -2.32. The first kappa shape index (κ1) is 13.6. The van der Waals surface area contributed by atoms with Gasteiger partial charge < -0.3 is 5.32 Å². The Balaban J connectivity index is 2.33. The largest absolute Gasteiger partial charge is 0.313 e. The summed E-state index contributed by atoms with van der Waals surface area (Å²) in [7, 11) is 2.11. The van der Waals surface area contributed by atoms with Crippen molar-refractivity contribution < 1.29 is 0 Å². The molecule has 1 aromatic rings. The third kappa shape index (κ3) is 2.47. The number of benzene rings is 1. The Kier molecular flexibility index (Phi) is 3.82. The Bertz CT molecular complexity index is 420. The number of aryl methyl sites for hydroxylation is 2. The Morgan fingerprint density at radius 2 is 2.00 bits per heavy atom. The van der Waals surface area contributed by atoms with Crippen LogP contribution in [0.15, 0.2) is 18.2 Å². The smallest absolute Gasteiger partial charge is 0.0353 e. The summed E-state index contributed by atoms with van der Waals surface area (Å²) in [5.74, 6) is 0.754. The molecule has 1 aromatic carbocycles. The minimum atomic E-state index is 0.463. The third-order valence-electron chi connectivity index (χ3n) is 4.81. The number of rotatable bonds is 3. The average Bonchev–Trinajstić information content (AvgIpc) is 2.63. The Morgan fingerprint density at radius 1 is 1.28 bits per heavy atom. The molecule has 0 bridgehead atoms. The zero-order chi connectivity index (χ0) is 13.3. The second-order valence-electron chi connectivity index (χ2n) is 6.61. The standard InChI is InChI=1S/C17H27N/c1-12-8-9-14(13(2)11-12)16(18-5)15-7-6-10-17(15,3)4/h8-9,11,15-16,18H,6-7,10H2,1-5H3. The van der Waals surface area contributed by atoms with Crippen LogP contribution in [-0.2, 0) is 0 Å². The summed E-state index contributed by atoms with van der Waals surface area (Å²) >= 11 is 0. The molecule has 1 heteroatoms. The molecule has 100 valence electrons. The molecule has 0 saturated heterocycles. The van der Waals surface area contributed by atoms with Gasteiger partial charge in [-0.05, 0) is 56.2 Å². The molecule has 2 rings (SSSR count). The molecule has 0 radical (unpaired) electrons. The van der Waals surface area contributed by atoms with E-state index in [-0.39, 0.29) is 0 Å². The zero-order valence-electron chi connectivity index (χ0n) is 12.5. The van der Waals surface area contributed by atoms with Crippen molar-refractivity contribution in [3.8, 4) is 0 Å². The molecule has 1 fully saturated rings. The van der Waals surface area contributed by atoms with E-state index in [1.165, 1.54) is 36.0 Å². The van der Waals surface area contributed by atoms with Crippen molar-refractivity contribution in [2.24, 2.45) is 11.3 Å². The highest BCUT2D eigenvalue weighted by atomic mass is 14.9. The van der Waals surface area contributed by atoms with Gasteiger partial charge in [0.2, 0.25) is 0 Å². The summed E-state index contributed by atoms with van der Waals surface area (Å²) in [5, 5.41) is 3.58. The van der Waals surface area contributed by atoms with Crippen LogP contribution in [0.5, 0.6) is 0 Å². The summed E-state index contributed by atoms with van der Waals surface area (Å²) in [6.07, 6.45) is 4.09. The third-order valence-corrected chi connectivity index (χ3v) is 4.81. The molecule has 1 saturated carbocycles. The summed E-state index contributed by atoms with van der Waals surface area (Å²) in [4.78, 5) is 0. The van der Waals surface area contributed by atoms with Gasteiger partial charge in [0.15, 0.2) is 0 Å².